The topological polar surface area (TPSA) is 47.9 Å². The van der Waals surface area contributed by atoms with Crippen molar-refractivity contribution in [2.45, 2.75) is 13.0 Å². The SMILES string of the molecule is COCCCOCCOCc1ccc(C#CCO)cc1. The summed E-state index contributed by atoms with van der Waals surface area (Å²) in [6.07, 6.45) is 0.910. The van der Waals surface area contributed by atoms with Crippen LogP contribution in [0.5, 0.6) is 0 Å². The van der Waals surface area contributed by atoms with Gasteiger partial charge in [-0.05, 0) is 24.1 Å². The number of aliphatic hydroxyl groups is 1. The van der Waals surface area contributed by atoms with Crippen molar-refractivity contribution >= 4 is 0 Å². The molecule has 0 aliphatic carbocycles. The fraction of sp³-hybridized carbons (Fsp3) is 0.500. The van der Waals surface area contributed by atoms with Crippen molar-refractivity contribution in [3.63, 3.8) is 0 Å². The lowest BCUT2D eigenvalue weighted by Gasteiger charge is -2.06. The van der Waals surface area contributed by atoms with Crippen LogP contribution in [0.4, 0.5) is 0 Å². The summed E-state index contributed by atoms with van der Waals surface area (Å²) in [5.74, 6) is 5.46. The standard InChI is InChI=1S/C16H22O4/c1-18-10-3-11-19-12-13-20-14-16-7-5-15(6-8-16)4-2-9-17/h5-8,17H,3,9-14H2,1H3. The average Bonchev–Trinajstić information content (AvgIpc) is 2.49. The first-order chi connectivity index (χ1) is 9.86. The number of ether oxygens (including phenoxy) is 3. The Bertz CT molecular complexity index is 403. The van der Waals surface area contributed by atoms with Crippen molar-refractivity contribution in [2.24, 2.45) is 0 Å². The Morgan fingerprint density at radius 3 is 2.45 bits per heavy atom. The Labute approximate surface area is 120 Å². The second-order valence-electron chi connectivity index (χ2n) is 4.17. The van der Waals surface area contributed by atoms with E-state index in [1.54, 1.807) is 7.11 Å². The Morgan fingerprint density at radius 2 is 1.75 bits per heavy atom. The minimum absolute atomic E-state index is 0.116. The van der Waals surface area contributed by atoms with Crippen molar-refractivity contribution < 1.29 is 19.3 Å². The minimum Gasteiger partial charge on any atom is -0.385 e. The van der Waals surface area contributed by atoms with Crippen LogP contribution >= 0.6 is 0 Å². The molecule has 0 atom stereocenters. The van der Waals surface area contributed by atoms with Gasteiger partial charge in [0.2, 0.25) is 0 Å². The van der Waals surface area contributed by atoms with Gasteiger partial charge in [-0.15, -0.1) is 0 Å². The number of hydrogen-bond acceptors (Lipinski definition) is 4. The van der Waals surface area contributed by atoms with E-state index in [0.29, 0.717) is 26.4 Å². The van der Waals surface area contributed by atoms with Gasteiger partial charge in [0, 0.05) is 25.9 Å². The Balaban J connectivity index is 2.10. The fourth-order valence-electron chi connectivity index (χ4n) is 1.54. The second kappa shape index (κ2) is 11.4. The van der Waals surface area contributed by atoms with Gasteiger partial charge < -0.3 is 19.3 Å². The van der Waals surface area contributed by atoms with Gasteiger partial charge in [0.15, 0.2) is 0 Å². The van der Waals surface area contributed by atoms with Gasteiger partial charge >= 0.3 is 0 Å². The lowest BCUT2D eigenvalue weighted by molar-refractivity contribution is 0.0337. The van der Waals surface area contributed by atoms with Crippen molar-refractivity contribution in [3.05, 3.63) is 35.4 Å². The predicted molar refractivity (Wildman–Crippen MR) is 77.4 cm³/mol. The van der Waals surface area contributed by atoms with E-state index < -0.39 is 0 Å². The van der Waals surface area contributed by atoms with E-state index in [1.165, 1.54) is 0 Å². The van der Waals surface area contributed by atoms with Crippen LogP contribution < -0.4 is 0 Å². The summed E-state index contributed by atoms with van der Waals surface area (Å²) < 4.78 is 15.8. The highest BCUT2D eigenvalue weighted by Gasteiger charge is 1.94. The number of rotatable bonds is 9. The molecular formula is C16H22O4. The number of methoxy groups -OCH3 is 1. The molecule has 0 aliphatic rings. The zero-order valence-electron chi connectivity index (χ0n) is 11.9. The molecule has 4 nitrogen and oxygen atoms in total. The third-order valence-corrected chi connectivity index (χ3v) is 2.54. The fourth-order valence-corrected chi connectivity index (χ4v) is 1.54. The first-order valence-electron chi connectivity index (χ1n) is 6.70. The van der Waals surface area contributed by atoms with Gasteiger partial charge in [0.1, 0.15) is 6.61 Å². The highest BCUT2D eigenvalue weighted by Crippen LogP contribution is 2.04. The summed E-state index contributed by atoms with van der Waals surface area (Å²) in [6, 6.07) is 7.78. The van der Waals surface area contributed by atoms with Crippen LogP contribution in [0.1, 0.15) is 17.5 Å². The van der Waals surface area contributed by atoms with Crippen molar-refractivity contribution in [3.8, 4) is 11.8 Å². The van der Waals surface area contributed by atoms with E-state index in [0.717, 1.165) is 24.2 Å². The molecule has 0 amide bonds. The molecule has 0 saturated heterocycles. The van der Waals surface area contributed by atoms with E-state index in [2.05, 4.69) is 11.8 Å². The van der Waals surface area contributed by atoms with Gasteiger partial charge in [0.05, 0.1) is 19.8 Å². The molecule has 4 heteroatoms. The third kappa shape index (κ3) is 7.93. The number of hydrogen-bond donors (Lipinski definition) is 1. The highest BCUT2D eigenvalue weighted by molar-refractivity contribution is 5.35. The second-order valence-corrected chi connectivity index (χ2v) is 4.17. The molecule has 0 unspecified atom stereocenters. The maximum absolute atomic E-state index is 8.60. The first-order valence-corrected chi connectivity index (χ1v) is 6.70. The summed E-state index contributed by atoms with van der Waals surface area (Å²) in [6.45, 7) is 3.06. The normalized spacial score (nSPS) is 10.1. The molecule has 1 aromatic carbocycles. The van der Waals surface area contributed by atoms with E-state index in [-0.39, 0.29) is 6.61 Å². The van der Waals surface area contributed by atoms with Gasteiger partial charge in [-0.3, -0.25) is 0 Å². The molecule has 0 heterocycles. The third-order valence-electron chi connectivity index (χ3n) is 2.54. The molecule has 0 spiro atoms. The van der Waals surface area contributed by atoms with Gasteiger partial charge in [0.25, 0.3) is 0 Å². The molecule has 0 aromatic heterocycles. The molecule has 0 aliphatic heterocycles. The van der Waals surface area contributed by atoms with Crippen molar-refractivity contribution in [1.29, 1.82) is 0 Å². The summed E-state index contributed by atoms with van der Waals surface area (Å²) in [5.41, 5.74) is 1.99. The maximum atomic E-state index is 8.60. The molecule has 0 saturated carbocycles. The quantitative estimate of drug-likeness (QED) is 0.550. The first kappa shape index (κ1) is 16.7. The predicted octanol–water partition coefficient (Wildman–Crippen LogP) is 1.60. The van der Waals surface area contributed by atoms with Crippen LogP contribution in [0.25, 0.3) is 0 Å². The van der Waals surface area contributed by atoms with Crippen LogP contribution in [-0.2, 0) is 20.8 Å². The maximum Gasteiger partial charge on any atom is 0.104 e. The minimum atomic E-state index is -0.116. The lowest BCUT2D eigenvalue weighted by atomic mass is 10.1. The molecule has 110 valence electrons. The Kier molecular flexibility index (Phi) is 9.54. The number of benzene rings is 1. The summed E-state index contributed by atoms with van der Waals surface area (Å²) in [4.78, 5) is 0. The molecule has 0 bridgehead atoms. The Hall–Kier alpha value is -1.38. The van der Waals surface area contributed by atoms with Crippen LogP contribution in [0, 0.1) is 11.8 Å². The molecule has 0 fully saturated rings. The Morgan fingerprint density at radius 1 is 1.00 bits per heavy atom. The van der Waals surface area contributed by atoms with Crippen LogP contribution in [0.2, 0.25) is 0 Å². The van der Waals surface area contributed by atoms with Crippen LogP contribution in [0.15, 0.2) is 24.3 Å². The largest absolute Gasteiger partial charge is 0.385 e. The van der Waals surface area contributed by atoms with E-state index in [9.17, 15) is 0 Å². The van der Waals surface area contributed by atoms with Gasteiger partial charge in [-0.1, -0.05) is 24.0 Å². The summed E-state index contributed by atoms with van der Waals surface area (Å²) >= 11 is 0. The zero-order valence-corrected chi connectivity index (χ0v) is 11.9. The summed E-state index contributed by atoms with van der Waals surface area (Å²) in [5, 5.41) is 8.60. The molecule has 1 rings (SSSR count). The van der Waals surface area contributed by atoms with Crippen molar-refractivity contribution in [1.82, 2.24) is 0 Å². The van der Waals surface area contributed by atoms with Gasteiger partial charge in [-0.2, -0.15) is 0 Å². The monoisotopic (exact) mass is 278 g/mol. The average molecular weight is 278 g/mol. The highest BCUT2D eigenvalue weighted by atomic mass is 16.5. The molecule has 1 aromatic rings. The molecule has 1 N–H and O–H groups in total. The zero-order chi connectivity index (χ0) is 14.5. The smallest absolute Gasteiger partial charge is 0.104 e. The lowest BCUT2D eigenvalue weighted by Crippen LogP contribution is -2.06. The van der Waals surface area contributed by atoms with Crippen LogP contribution in [0.3, 0.4) is 0 Å². The molecule has 20 heavy (non-hydrogen) atoms. The van der Waals surface area contributed by atoms with Crippen LogP contribution in [-0.4, -0.2) is 45.3 Å². The van der Waals surface area contributed by atoms with E-state index in [1.807, 2.05) is 24.3 Å². The van der Waals surface area contributed by atoms with E-state index >= 15 is 0 Å². The number of aliphatic hydroxyl groups excluding tert-OH is 1. The molecular weight excluding hydrogens is 256 g/mol. The van der Waals surface area contributed by atoms with E-state index in [4.69, 9.17) is 19.3 Å². The summed E-state index contributed by atoms with van der Waals surface area (Å²) in [7, 11) is 1.68. The van der Waals surface area contributed by atoms with Gasteiger partial charge in [-0.25, -0.2) is 0 Å². The molecule has 0 radical (unpaired) electrons. The van der Waals surface area contributed by atoms with Crippen molar-refractivity contribution in [2.75, 3.05) is 40.1 Å².